The molecule has 0 aromatic heterocycles. The first-order chi connectivity index (χ1) is 10.4. The topological polar surface area (TPSA) is 64.3 Å². The molecular weight excluding hydrogens is 309 g/mol. The van der Waals surface area contributed by atoms with E-state index in [2.05, 4.69) is 0 Å². The van der Waals surface area contributed by atoms with Gasteiger partial charge in [-0.25, -0.2) is 0 Å². The zero-order valence-corrected chi connectivity index (χ0v) is 13.2. The number of nitriles is 1. The van der Waals surface area contributed by atoms with Gasteiger partial charge in [0.1, 0.15) is 6.23 Å². The number of hydrogen-bond acceptors (Lipinski definition) is 3. The number of carbonyl (C=O) groups is 1. The standard InChI is InChI=1S/C16H17F3N2O2/c1-14(2)12(22)21(13(23)15(14,3)4)10-6-5-9(8-20)11(7-10)16(17,18)19/h5-7,12,22H,1-4H3. The minimum absolute atomic E-state index is 0.0764. The van der Waals surface area contributed by atoms with E-state index in [1.807, 2.05) is 0 Å². The van der Waals surface area contributed by atoms with Crippen LogP contribution in [0.2, 0.25) is 0 Å². The van der Waals surface area contributed by atoms with Gasteiger partial charge in [-0.15, -0.1) is 0 Å². The van der Waals surface area contributed by atoms with Crippen LogP contribution >= 0.6 is 0 Å². The summed E-state index contributed by atoms with van der Waals surface area (Å²) in [6, 6.07) is 4.48. The summed E-state index contributed by atoms with van der Waals surface area (Å²) in [4.78, 5) is 13.6. The van der Waals surface area contributed by atoms with Gasteiger partial charge in [-0.2, -0.15) is 18.4 Å². The first kappa shape index (κ1) is 17.3. The predicted octanol–water partition coefficient (Wildman–Crippen LogP) is 3.29. The van der Waals surface area contributed by atoms with Crippen molar-refractivity contribution in [2.24, 2.45) is 10.8 Å². The number of carbonyl (C=O) groups excluding carboxylic acids is 1. The maximum atomic E-state index is 13.1. The van der Waals surface area contributed by atoms with Gasteiger partial charge in [0.2, 0.25) is 5.91 Å². The maximum absolute atomic E-state index is 13.1. The molecule has 23 heavy (non-hydrogen) atoms. The summed E-state index contributed by atoms with van der Waals surface area (Å²) in [5.74, 6) is -0.465. The van der Waals surface area contributed by atoms with Gasteiger partial charge in [0.15, 0.2) is 0 Å². The number of anilines is 1. The van der Waals surface area contributed by atoms with E-state index in [0.717, 1.165) is 17.0 Å². The monoisotopic (exact) mass is 326 g/mol. The number of amides is 1. The number of rotatable bonds is 1. The first-order valence-corrected chi connectivity index (χ1v) is 6.98. The minimum Gasteiger partial charge on any atom is -0.373 e. The van der Waals surface area contributed by atoms with E-state index in [1.165, 1.54) is 12.1 Å². The van der Waals surface area contributed by atoms with Crippen LogP contribution in [0, 0.1) is 22.2 Å². The van der Waals surface area contributed by atoms with Crippen LogP contribution in [0.3, 0.4) is 0 Å². The van der Waals surface area contributed by atoms with E-state index in [1.54, 1.807) is 27.7 Å². The summed E-state index contributed by atoms with van der Waals surface area (Å²) >= 11 is 0. The third-order valence-corrected chi connectivity index (χ3v) is 4.96. The van der Waals surface area contributed by atoms with Gasteiger partial charge in [0.25, 0.3) is 0 Å². The van der Waals surface area contributed by atoms with Gasteiger partial charge in [0.05, 0.1) is 22.6 Å². The van der Waals surface area contributed by atoms with Crippen LogP contribution in [-0.4, -0.2) is 17.2 Å². The molecule has 1 aliphatic heterocycles. The zero-order chi connectivity index (χ0) is 17.8. The fourth-order valence-electron chi connectivity index (χ4n) is 2.61. The number of halogens is 3. The van der Waals surface area contributed by atoms with Crippen molar-refractivity contribution < 1.29 is 23.1 Å². The number of hydrogen-bond donors (Lipinski definition) is 1. The molecule has 0 saturated carbocycles. The van der Waals surface area contributed by atoms with E-state index in [0.29, 0.717) is 0 Å². The Labute approximate surface area is 132 Å². The van der Waals surface area contributed by atoms with Crippen molar-refractivity contribution >= 4 is 11.6 Å². The van der Waals surface area contributed by atoms with Crippen molar-refractivity contribution in [1.82, 2.24) is 0 Å². The first-order valence-electron chi connectivity index (χ1n) is 6.98. The van der Waals surface area contributed by atoms with Crippen molar-refractivity contribution in [2.45, 2.75) is 40.1 Å². The van der Waals surface area contributed by atoms with Crippen LogP contribution in [0.15, 0.2) is 18.2 Å². The van der Waals surface area contributed by atoms with Crippen molar-refractivity contribution in [1.29, 1.82) is 5.26 Å². The molecule has 0 aliphatic carbocycles. The molecule has 4 nitrogen and oxygen atoms in total. The molecule has 1 N–H and O–H groups in total. The fraction of sp³-hybridized carbons (Fsp3) is 0.500. The highest BCUT2D eigenvalue weighted by atomic mass is 19.4. The molecule has 1 unspecified atom stereocenters. The summed E-state index contributed by atoms with van der Waals surface area (Å²) in [5.41, 5.74) is -3.52. The maximum Gasteiger partial charge on any atom is 0.417 e. The van der Waals surface area contributed by atoms with Crippen molar-refractivity contribution in [3.05, 3.63) is 29.3 Å². The van der Waals surface area contributed by atoms with Gasteiger partial charge < -0.3 is 5.11 Å². The highest BCUT2D eigenvalue weighted by molar-refractivity contribution is 6.01. The van der Waals surface area contributed by atoms with Gasteiger partial charge in [-0.3, -0.25) is 9.69 Å². The second-order valence-electron chi connectivity index (χ2n) is 6.73. The molecule has 1 aromatic rings. The fourth-order valence-corrected chi connectivity index (χ4v) is 2.61. The summed E-state index contributed by atoms with van der Waals surface area (Å²) in [6.07, 6.45) is -5.99. The molecule has 0 radical (unpaired) electrons. The molecule has 1 aromatic carbocycles. The quantitative estimate of drug-likeness (QED) is 0.861. The average Bonchev–Trinajstić information content (AvgIpc) is 2.56. The van der Waals surface area contributed by atoms with Crippen molar-refractivity contribution in [2.75, 3.05) is 4.90 Å². The van der Waals surface area contributed by atoms with Crippen LogP contribution in [0.5, 0.6) is 0 Å². The lowest BCUT2D eigenvalue weighted by Crippen LogP contribution is -2.39. The SMILES string of the molecule is CC1(C)C(=O)N(c2ccc(C#N)c(C(F)(F)F)c2)C(O)C1(C)C. The summed E-state index contributed by atoms with van der Waals surface area (Å²) in [5, 5.41) is 19.3. The summed E-state index contributed by atoms with van der Waals surface area (Å²) < 4.78 is 39.3. The van der Waals surface area contributed by atoms with Gasteiger partial charge in [-0.05, 0) is 18.2 Å². The van der Waals surface area contributed by atoms with Crippen LogP contribution in [0.25, 0.3) is 0 Å². The Hall–Kier alpha value is -2.07. The van der Waals surface area contributed by atoms with E-state index in [-0.39, 0.29) is 5.69 Å². The average molecular weight is 326 g/mol. The molecule has 1 amide bonds. The Balaban J connectivity index is 2.61. The lowest BCUT2D eigenvalue weighted by molar-refractivity contribution is -0.137. The van der Waals surface area contributed by atoms with E-state index >= 15 is 0 Å². The number of nitrogens with zero attached hydrogens (tertiary/aromatic N) is 2. The normalized spacial score (nSPS) is 23.0. The lowest BCUT2D eigenvalue weighted by atomic mass is 9.69. The molecule has 1 heterocycles. The number of aliphatic hydroxyl groups is 1. The van der Waals surface area contributed by atoms with E-state index in [9.17, 15) is 23.1 Å². The van der Waals surface area contributed by atoms with Crippen LogP contribution in [0.4, 0.5) is 18.9 Å². The summed E-state index contributed by atoms with van der Waals surface area (Å²) in [7, 11) is 0. The Morgan fingerprint density at radius 3 is 2.22 bits per heavy atom. The Morgan fingerprint density at radius 2 is 1.83 bits per heavy atom. The molecule has 7 heteroatoms. The van der Waals surface area contributed by atoms with E-state index in [4.69, 9.17) is 5.26 Å². The molecular formula is C16H17F3N2O2. The van der Waals surface area contributed by atoms with Gasteiger partial charge in [-0.1, -0.05) is 27.7 Å². The van der Waals surface area contributed by atoms with Crippen LogP contribution < -0.4 is 4.90 Å². The minimum atomic E-state index is -4.72. The molecule has 1 aliphatic rings. The van der Waals surface area contributed by atoms with Crippen LogP contribution in [0.1, 0.15) is 38.8 Å². The molecule has 1 fully saturated rings. The molecule has 1 atom stereocenters. The van der Waals surface area contributed by atoms with Crippen molar-refractivity contribution in [3.8, 4) is 6.07 Å². The highest BCUT2D eigenvalue weighted by Gasteiger charge is 2.59. The highest BCUT2D eigenvalue weighted by Crippen LogP contribution is 2.51. The van der Waals surface area contributed by atoms with Gasteiger partial charge >= 0.3 is 6.18 Å². The second-order valence-corrected chi connectivity index (χ2v) is 6.73. The van der Waals surface area contributed by atoms with Crippen LogP contribution in [-0.2, 0) is 11.0 Å². The lowest BCUT2D eigenvalue weighted by Gasteiger charge is -2.33. The molecule has 0 spiro atoms. The number of aliphatic hydroxyl groups excluding tert-OH is 1. The van der Waals surface area contributed by atoms with Crippen molar-refractivity contribution in [3.63, 3.8) is 0 Å². The second kappa shape index (κ2) is 4.96. The zero-order valence-electron chi connectivity index (χ0n) is 13.2. The predicted molar refractivity (Wildman–Crippen MR) is 77.2 cm³/mol. The number of benzene rings is 1. The Kier molecular flexibility index (Phi) is 3.73. The summed E-state index contributed by atoms with van der Waals surface area (Å²) in [6.45, 7) is 6.66. The smallest absolute Gasteiger partial charge is 0.373 e. The molecule has 124 valence electrons. The number of alkyl halides is 3. The largest absolute Gasteiger partial charge is 0.417 e. The van der Waals surface area contributed by atoms with Gasteiger partial charge in [0, 0.05) is 11.1 Å². The Morgan fingerprint density at radius 1 is 1.26 bits per heavy atom. The third-order valence-electron chi connectivity index (χ3n) is 4.96. The molecule has 0 bridgehead atoms. The molecule has 1 saturated heterocycles. The van der Waals surface area contributed by atoms with E-state index < -0.39 is 40.3 Å². The molecule has 2 rings (SSSR count). The third kappa shape index (κ3) is 2.38. The Bertz CT molecular complexity index is 702.